The number of benzene rings is 1. The highest BCUT2D eigenvalue weighted by Crippen LogP contribution is 2.32. The lowest BCUT2D eigenvalue weighted by atomic mass is 9.86. The van der Waals surface area contributed by atoms with Gasteiger partial charge in [-0.3, -0.25) is 0 Å². The van der Waals surface area contributed by atoms with Gasteiger partial charge in [0.2, 0.25) is 0 Å². The van der Waals surface area contributed by atoms with E-state index in [1.807, 2.05) is 19.1 Å². The first-order valence-corrected chi connectivity index (χ1v) is 8.70. The summed E-state index contributed by atoms with van der Waals surface area (Å²) in [6, 6.07) is 3.76. The van der Waals surface area contributed by atoms with E-state index < -0.39 is 0 Å². The van der Waals surface area contributed by atoms with Crippen molar-refractivity contribution in [2.45, 2.75) is 41.0 Å². The predicted molar refractivity (Wildman–Crippen MR) is 93.4 cm³/mol. The molecule has 4 heteroatoms. The Hall–Kier alpha value is -1.05. The number of hydrogen-bond donors (Lipinski definition) is 0. The van der Waals surface area contributed by atoms with Crippen LogP contribution in [0.5, 0.6) is 11.5 Å². The molecule has 0 spiro atoms. The SMILES string of the molecule is COc1cc(C)cc(OC)c1C([O-])=PCC(C)CC(C)(C)C. The maximum absolute atomic E-state index is 12.6. The highest BCUT2D eigenvalue weighted by molar-refractivity contribution is 7.40. The maximum atomic E-state index is 12.6. The lowest BCUT2D eigenvalue weighted by molar-refractivity contribution is -0.207. The van der Waals surface area contributed by atoms with E-state index in [1.165, 1.54) is 0 Å². The molecule has 0 aliphatic rings. The molecule has 0 aromatic heterocycles. The van der Waals surface area contributed by atoms with Crippen LogP contribution in [0.4, 0.5) is 0 Å². The smallest absolute Gasteiger partial charge is 0.129 e. The Morgan fingerprint density at radius 3 is 2.09 bits per heavy atom. The number of hydrogen-bond acceptors (Lipinski definition) is 3. The summed E-state index contributed by atoms with van der Waals surface area (Å²) < 4.78 is 10.7. The summed E-state index contributed by atoms with van der Waals surface area (Å²) in [6.07, 6.45) is 1.96. The van der Waals surface area contributed by atoms with Gasteiger partial charge in [-0.2, -0.15) is 0 Å². The van der Waals surface area contributed by atoms with Crippen molar-refractivity contribution < 1.29 is 14.6 Å². The third kappa shape index (κ3) is 5.62. The summed E-state index contributed by atoms with van der Waals surface area (Å²) in [7, 11) is 3.97. The van der Waals surface area contributed by atoms with Crippen LogP contribution in [0.25, 0.3) is 0 Å². The minimum atomic E-state index is 0.0643. The zero-order chi connectivity index (χ0) is 16.9. The van der Waals surface area contributed by atoms with Gasteiger partial charge in [-0.15, -0.1) is 13.7 Å². The fourth-order valence-electron chi connectivity index (χ4n) is 2.68. The zero-order valence-corrected chi connectivity index (χ0v) is 15.7. The van der Waals surface area contributed by atoms with Gasteiger partial charge in [-0.25, -0.2) is 0 Å². The Kier molecular flexibility index (Phi) is 6.90. The molecule has 0 bridgehead atoms. The van der Waals surface area contributed by atoms with Crippen LogP contribution >= 0.6 is 8.20 Å². The molecule has 1 unspecified atom stereocenters. The van der Waals surface area contributed by atoms with Gasteiger partial charge in [0.05, 0.1) is 14.2 Å². The van der Waals surface area contributed by atoms with Crippen LogP contribution in [0.2, 0.25) is 0 Å². The summed E-state index contributed by atoms with van der Waals surface area (Å²) in [5.41, 5.74) is 1.93. The third-order valence-electron chi connectivity index (χ3n) is 3.37. The van der Waals surface area contributed by atoms with Gasteiger partial charge in [0.25, 0.3) is 0 Å². The van der Waals surface area contributed by atoms with Crippen LogP contribution in [-0.4, -0.2) is 25.9 Å². The van der Waals surface area contributed by atoms with Gasteiger partial charge in [0.1, 0.15) is 11.5 Å². The third-order valence-corrected chi connectivity index (χ3v) is 4.69. The van der Waals surface area contributed by atoms with Crippen LogP contribution in [0, 0.1) is 18.3 Å². The minimum Gasteiger partial charge on any atom is -0.823 e. The summed E-state index contributed by atoms with van der Waals surface area (Å²) in [5, 5.41) is 12.6. The molecule has 0 fully saturated rings. The highest BCUT2D eigenvalue weighted by atomic mass is 31.1. The van der Waals surface area contributed by atoms with Crippen molar-refractivity contribution in [2.75, 3.05) is 20.4 Å². The van der Waals surface area contributed by atoms with Gasteiger partial charge < -0.3 is 14.6 Å². The molecule has 0 saturated carbocycles. The first-order valence-electron chi connectivity index (χ1n) is 7.62. The number of rotatable bonds is 6. The quantitative estimate of drug-likeness (QED) is 0.746. The predicted octanol–water partition coefficient (Wildman–Crippen LogP) is 3.87. The van der Waals surface area contributed by atoms with Crippen molar-refractivity contribution >= 4 is 13.7 Å². The average molecular weight is 323 g/mol. The summed E-state index contributed by atoms with van der Waals surface area (Å²) in [5.74, 6) is 1.70. The highest BCUT2D eigenvalue weighted by Gasteiger charge is 2.15. The molecular weight excluding hydrogens is 295 g/mol. The van der Waals surface area contributed by atoms with Crippen LogP contribution in [0.3, 0.4) is 0 Å². The molecule has 22 heavy (non-hydrogen) atoms. The van der Waals surface area contributed by atoms with Crippen LogP contribution in [-0.2, 0) is 0 Å². The molecule has 1 atom stereocenters. The molecule has 1 aromatic rings. The van der Waals surface area contributed by atoms with E-state index in [2.05, 4.69) is 27.7 Å². The lowest BCUT2D eigenvalue weighted by Gasteiger charge is -2.24. The summed E-state index contributed by atoms with van der Waals surface area (Å²) in [4.78, 5) is 0. The molecule has 1 rings (SSSR count). The van der Waals surface area contributed by atoms with Crippen LogP contribution in [0.1, 0.15) is 45.2 Å². The van der Waals surface area contributed by atoms with Gasteiger partial charge in [0, 0.05) is 5.56 Å². The standard InChI is InChI=1S/C18H29O3P/c1-12-8-14(20-6)16(15(9-12)21-7)17(19)22-11-13(2)10-18(3,4)5/h8-9,13,19H,10-11H2,1-7H3/p-1. The lowest BCUT2D eigenvalue weighted by Crippen LogP contribution is -2.20. The number of ether oxygens (including phenoxy) is 2. The Bertz CT molecular complexity index is 505. The van der Waals surface area contributed by atoms with E-state index in [4.69, 9.17) is 9.47 Å². The Labute approximate surface area is 136 Å². The maximum Gasteiger partial charge on any atom is 0.129 e. The zero-order valence-electron chi connectivity index (χ0n) is 14.8. The Morgan fingerprint density at radius 1 is 1.18 bits per heavy atom. The summed E-state index contributed by atoms with van der Waals surface area (Å²) in [6.45, 7) is 10.9. The van der Waals surface area contributed by atoms with Gasteiger partial charge >= 0.3 is 0 Å². The van der Waals surface area contributed by atoms with Crippen molar-refractivity contribution in [3.63, 3.8) is 0 Å². The van der Waals surface area contributed by atoms with Gasteiger partial charge in [-0.1, -0.05) is 27.7 Å². The van der Waals surface area contributed by atoms with Crippen molar-refractivity contribution in [3.8, 4) is 11.5 Å². The molecule has 0 amide bonds. The number of aryl methyl sites for hydroxylation is 1. The van der Waals surface area contributed by atoms with E-state index in [0.29, 0.717) is 23.0 Å². The second kappa shape index (κ2) is 7.99. The summed E-state index contributed by atoms with van der Waals surface area (Å²) >= 11 is 0. The topological polar surface area (TPSA) is 41.5 Å². The molecule has 0 aliphatic heterocycles. The monoisotopic (exact) mass is 323 g/mol. The van der Waals surface area contributed by atoms with Crippen molar-refractivity contribution in [3.05, 3.63) is 23.3 Å². The van der Waals surface area contributed by atoms with E-state index in [0.717, 1.165) is 26.4 Å². The molecule has 0 saturated heterocycles. The second-order valence-electron chi connectivity index (χ2n) is 7.06. The van der Waals surface area contributed by atoms with E-state index in [-0.39, 0.29) is 10.9 Å². The van der Waals surface area contributed by atoms with E-state index in [9.17, 15) is 5.11 Å². The first-order chi connectivity index (χ1) is 10.2. The molecule has 0 aliphatic carbocycles. The molecular formula is C18H28O3P-. The van der Waals surface area contributed by atoms with E-state index in [1.54, 1.807) is 14.2 Å². The van der Waals surface area contributed by atoms with Crippen molar-refractivity contribution in [1.29, 1.82) is 0 Å². The molecule has 3 nitrogen and oxygen atoms in total. The first kappa shape index (κ1) is 19.0. The van der Waals surface area contributed by atoms with Crippen molar-refractivity contribution in [2.24, 2.45) is 11.3 Å². The molecule has 0 N–H and O–H groups in total. The molecule has 1 aromatic carbocycles. The van der Waals surface area contributed by atoms with Crippen molar-refractivity contribution in [1.82, 2.24) is 0 Å². The van der Waals surface area contributed by atoms with Gasteiger partial charge in [0.15, 0.2) is 0 Å². The number of methoxy groups -OCH3 is 2. The second-order valence-corrected chi connectivity index (χ2v) is 8.15. The Morgan fingerprint density at radius 2 is 1.68 bits per heavy atom. The molecule has 0 radical (unpaired) electrons. The van der Waals surface area contributed by atoms with Crippen LogP contribution < -0.4 is 14.6 Å². The van der Waals surface area contributed by atoms with Gasteiger partial charge in [-0.05, 0) is 48.5 Å². The molecule has 124 valence electrons. The average Bonchev–Trinajstić information content (AvgIpc) is 2.41. The van der Waals surface area contributed by atoms with E-state index >= 15 is 0 Å². The fourth-order valence-corrected chi connectivity index (χ4v) is 3.67. The Balaban J connectivity index is 3.01. The normalized spacial score (nSPS) is 13.9. The molecule has 0 heterocycles. The fraction of sp³-hybridized carbons (Fsp3) is 0.611. The minimum absolute atomic E-state index is 0.0643. The largest absolute Gasteiger partial charge is 0.823 e. The van der Waals surface area contributed by atoms with Crippen LogP contribution in [0.15, 0.2) is 12.1 Å².